The van der Waals surface area contributed by atoms with Crippen molar-refractivity contribution in [3.63, 3.8) is 0 Å². The number of thiophene rings is 1. The topological polar surface area (TPSA) is 0 Å². The zero-order valence-electron chi connectivity index (χ0n) is 11.6. The van der Waals surface area contributed by atoms with Gasteiger partial charge in [-0.3, -0.25) is 0 Å². The fourth-order valence-electron chi connectivity index (χ4n) is 2.58. The molecule has 92 valence electrons. The lowest BCUT2D eigenvalue weighted by Crippen LogP contribution is -1.86. The standard InChI is InChI=1S/C17H18S/c1-9-6-14-15-7-11(3)12(4)13(5)17(15)18-16(14)8-10(9)2/h6-8H,1-5H3. The van der Waals surface area contributed by atoms with Gasteiger partial charge in [0.2, 0.25) is 0 Å². The Morgan fingerprint density at radius 3 is 2.00 bits per heavy atom. The lowest BCUT2D eigenvalue weighted by atomic mass is 9.99. The average molecular weight is 254 g/mol. The minimum absolute atomic E-state index is 1.39. The van der Waals surface area contributed by atoms with E-state index in [4.69, 9.17) is 0 Å². The Morgan fingerprint density at radius 2 is 1.28 bits per heavy atom. The van der Waals surface area contributed by atoms with Gasteiger partial charge in [0, 0.05) is 20.2 Å². The van der Waals surface area contributed by atoms with Gasteiger partial charge in [-0.05, 0) is 80.6 Å². The Balaban J connectivity index is 2.56. The van der Waals surface area contributed by atoms with Crippen LogP contribution in [0.1, 0.15) is 27.8 Å². The zero-order chi connectivity index (χ0) is 13.0. The van der Waals surface area contributed by atoms with E-state index in [1.165, 1.54) is 48.0 Å². The highest BCUT2D eigenvalue weighted by Crippen LogP contribution is 2.39. The highest BCUT2D eigenvalue weighted by molar-refractivity contribution is 7.26. The van der Waals surface area contributed by atoms with Crippen LogP contribution in [0.25, 0.3) is 20.2 Å². The van der Waals surface area contributed by atoms with Crippen LogP contribution in [0.15, 0.2) is 18.2 Å². The third-order valence-corrected chi connectivity index (χ3v) is 5.49. The van der Waals surface area contributed by atoms with Crippen LogP contribution in [-0.4, -0.2) is 0 Å². The van der Waals surface area contributed by atoms with Crippen molar-refractivity contribution >= 4 is 31.5 Å². The number of benzene rings is 2. The van der Waals surface area contributed by atoms with Gasteiger partial charge in [0.15, 0.2) is 0 Å². The summed E-state index contributed by atoms with van der Waals surface area (Å²) in [6.45, 7) is 11.1. The van der Waals surface area contributed by atoms with E-state index < -0.39 is 0 Å². The second-order valence-corrected chi connectivity index (χ2v) is 6.41. The Labute approximate surface area is 112 Å². The molecule has 0 saturated heterocycles. The van der Waals surface area contributed by atoms with E-state index in [1.54, 1.807) is 0 Å². The van der Waals surface area contributed by atoms with Crippen molar-refractivity contribution in [3.05, 3.63) is 46.0 Å². The summed E-state index contributed by atoms with van der Waals surface area (Å²) < 4.78 is 2.87. The molecule has 0 amide bonds. The van der Waals surface area contributed by atoms with E-state index >= 15 is 0 Å². The third kappa shape index (κ3) is 1.50. The Hall–Kier alpha value is -1.34. The maximum atomic E-state index is 2.35. The number of fused-ring (bicyclic) bond motifs is 3. The first-order valence-electron chi connectivity index (χ1n) is 6.39. The van der Waals surface area contributed by atoms with Gasteiger partial charge in [-0.2, -0.15) is 0 Å². The fourth-order valence-corrected chi connectivity index (χ4v) is 3.90. The Bertz CT molecular complexity index is 775. The first-order valence-corrected chi connectivity index (χ1v) is 7.21. The van der Waals surface area contributed by atoms with Crippen LogP contribution in [0.4, 0.5) is 0 Å². The molecule has 3 aromatic rings. The van der Waals surface area contributed by atoms with E-state index in [-0.39, 0.29) is 0 Å². The molecule has 0 atom stereocenters. The summed E-state index contributed by atoms with van der Waals surface area (Å²) in [4.78, 5) is 0. The van der Waals surface area contributed by atoms with Crippen molar-refractivity contribution in [2.24, 2.45) is 0 Å². The van der Waals surface area contributed by atoms with Crippen LogP contribution in [0.5, 0.6) is 0 Å². The van der Waals surface area contributed by atoms with Crippen LogP contribution in [0.2, 0.25) is 0 Å². The van der Waals surface area contributed by atoms with Crippen LogP contribution < -0.4 is 0 Å². The molecule has 0 bridgehead atoms. The van der Waals surface area contributed by atoms with Crippen molar-refractivity contribution in [3.8, 4) is 0 Å². The van der Waals surface area contributed by atoms with Crippen molar-refractivity contribution in [1.29, 1.82) is 0 Å². The third-order valence-electron chi connectivity index (χ3n) is 4.20. The molecule has 2 aromatic carbocycles. The van der Waals surface area contributed by atoms with Crippen molar-refractivity contribution in [1.82, 2.24) is 0 Å². The normalized spacial score (nSPS) is 11.6. The molecule has 0 nitrogen and oxygen atoms in total. The summed E-state index contributed by atoms with van der Waals surface area (Å²) >= 11 is 1.93. The SMILES string of the molecule is Cc1cc2sc3c(C)c(C)c(C)cc3c2cc1C. The predicted molar refractivity (Wildman–Crippen MR) is 83.0 cm³/mol. The average Bonchev–Trinajstić information content (AvgIpc) is 2.66. The molecular weight excluding hydrogens is 236 g/mol. The second-order valence-electron chi connectivity index (χ2n) is 5.35. The maximum absolute atomic E-state index is 2.35. The largest absolute Gasteiger partial charge is 0.135 e. The van der Waals surface area contributed by atoms with Crippen LogP contribution in [0, 0.1) is 34.6 Å². The number of aryl methyl sites for hydroxylation is 4. The molecule has 18 heavy (non-hydrogen) atoms. The molecule has 0 fully saturated rings. The summed E-state index contributed by atoms with van der Waals surface area (Å²) in [6.07, 6.45) is 0. The molecule has 0 N–H and O–H groups in total. The first kappa shape index (κ1) is 11.7. The Morgan fingerprint density at radius 1 is 0.667 bits per heavy atom. The van der Waals surface area contributed by atoms with E-state index in [0.717, 1.165) is 0 Å². The molecule has 0 saturated carbocycles. The quantitative estimate of drug-likeness (QED) is 0.490. The minimum atomic E-state index is 1.39. The summed E-state index contributed by atoms with van der Waals surface area (Å²) in [6, 6.07) is 7.03. The summed E-state index contributed by atoms with van der Waals surface area (Å²) in [5.41, 5.74) is 7.06. The summed E-state index contributed by atoms with van der Waals surface area (Å²) in [5.74, 6) is 0. The zero-order valence-corrected chi connectivity index (χ0v) is 12.5. The number of rotatable bonds is 0. The van der Waals surface area contributed by atoms with Crippen LogP contribution >= 0.6 is 11.3 Å². The molecule has 0 aliphatic carbocycles. The molecule has 1 aromatic heterocycles. The van der Waals surface area contributed by atoms with Crippen molar-refractivity contribution in [2.45, 2.75) is 34.6 Å². The van der Waals surface area contributed by atoms with Crippen LogP contribution in [0.3, 0.4) is 0 Å². The summed E-state index contributed by atoms with van der Waals surface area (Å²) in [5, 5.41) is 2.85. The van der Waals surface area contributed by atoms with Gasteiger partial charge in [-0.1, -0.05) is 0 Å². The maximum Gasteiger partial charge on any atom is 0.0387 e. The van der Waals surface area contributed by atoms with Crippen LogP contribution in [-0.2, 0) is 0 Å². The highest BCUT2D eigenvalue weighted by Gasteiger charge is 2.11. The van der Waals surface area contributed by atoms with E-state index in [0.29, 0.717) is 0 Å². The van der Waals surface area contributed by atoms with Gasteiger partial charge in [-0.15, -0.1) is 11.3 Å². The molecular formula is C17H18S. The molecule has 0 spiro atoms. The van der Waals surface area contributed by atoms with Gasteiger partial charge in [-0.25, -0.2) is 0 Å². The van der Waals surface area contributed by atoms with Gasteiger partial charge < -0.3 is 0 Å². The van der Waals surface area contributed by atoms with E-state index in [2.05, 4.69) is 52.8 Å². The lowest BCUT2D eigenvalue weighted by Gasteiger charge is -2.06. The van der Waals surface area contributed by atoms with Gasteiger partial charge in [0.1, 0.15) is 0 Å². The molecule has 0 radical (unpaired) electrons. The minimum Gasteiger partial charge on any atom is -0.135 e. The molecule has 1 heterocycles. The molecule has 0 aliphatic rings. The molecule has 1 heteroatoms. The van der Waals surface area contributed by atoms with Gasteiger partial charge in [0.25, 0.3) is 0 Å². The van der Waals surface area contributed by atoms with Crippen molar-refractivity contribution < 1.29 is 0 Å². The highest BCUT2D eigenvalue weighted by atomic mass is 32.1. The molecule has 0 unspecified atom stereocenters. The van der Waals surface area contributed by atoms with Crippen molar-refractivity contribution in [2.75, 3.05) is 0 Å². The van der Waals surface area contributed by atoms with E-state index in [1.807, 2.05) is 11.3 Å². The Kier molecular flexibility index (Phi) is 2.49. The number of hydrogen-bond donors (Lipinski definition) is 0. The van der Waals surface area contributed by atoms with E-state index in [9.17, 15) is 0 Å². The summed E-state index contributed by atoms with van der Waals surface area (Å²) in [7, 11) is 0. The molecule has 3 rings (SSSR count). The second kappa shape index (κ2) is 3.83. The fraction of sp³-hybridized carbons (Fsp3) is 0.294. The smallest absolute Gasteiger partial charge is 0.0387 e. The first-order chi connectivity index (χ1) is 8.49. The number of hydrogen-bond acceptors (Lipinski definition) is 1. The monoisotopic (exact) mass is 254 g/mol. The van der Waals surface area contributed by atoms with Gasteiger partial charge in [0.05, 0.1) is 0 Å². The predicted octanol–water partition coefficient (Wildman–Crippen LogP) is 5.60. The van der Waals surface area contributed by atoms with Gasteiger partial charge >= 0.3 is 0 Å². The molecule has 0 aliphatic heterocycles. The lowest BCUT2D eigenvalue weighted by molar-refractivity contribution is 1.30.